The third-order valence-corrected chi connectivity index (χ3v) is 0.313. The first-order valence-corrected chi connectivity index (χ1v) is 1.53. The number of esters is 1. The maximum atomic E-state index is 9.85. The molecule has 0 aliphatic carbocycles. The molecule has 37 valence electrons. The molecule has 1 radical (unpaired) electrons. The van der Waals surface area contributed by atoms with Gasteiger partial charge in [0.05, 0.1) is 0 Å². The number of nitriles is 1. The smallest absolute Gasteiger partial charge is 0.345 e. The maximum Gasteiger partial charge on any atom is 0.345 e. The van der Waals surface area contributed by atoms with Gasteiger partial charge in [0.25, 0.3) is 6.26 Å². The molecule has 8 heavy (non-hydrogen) atoms. The Labute approximate surface area is 69.2 Å². The maximum absolute atomic E-state index is 9.85. The van der Waals surface area contributed by atoms with E-state index in [0.717, 1.165) is 6.08 Å². The van der Waals surface area contributed by atoms with Crippen LogP contribution in [0.15, 0.2) is 12.7 Å². The van der Waals surface area contributed by atoms with Crippen LogP contribution in [-0.2, 0) is 9.53 Å². The Morgan fingerprint density at radius 3 is 2.50 bits per heavy atom. The van der Waals surface area contributed by atoms with Gasteiger partial charge in [-0.05, 0) is 0 Å². The summed E-state index contributed by atoms with van der Waals surface area (Å²) in [6.07, 6.45) is 2.12. The first-order chi connectivity index (χ1) is 3.31. The van der Waals surface area contributed by atoms with Crippen molar-refractivity contribution in [3.05, 3.63) is 12.7 Å². The molecule has 0 heterocycles. The number of carbonyl (C=O) groups is 1. The Balaban J connectivity index is 0. The molecular formula is C4H3NNaO2. The molecule has 0 aromatic heterocycles. The van der Waals surface area contributed by atoms with Gasteiger partial charge < -0.3 is 4.74 Å². The van der Waals surface area contributed by atoms with Gasteiger partial charge >= 0.3 is 5.97 Å². The minimum atomic E-state index is -0.720. The SMILES string of the molecule is C=CC(=O)OC#N.[Na]. The Morgan fingerprint density at radius 1 is 1.88 bits per heavy atom. The average Bonchev–Trinajstić information content (AvgIpc) is 1.68. The Bertz CT molecular complexity index is 126. The average molecular weight is 120 g/mol. The molecule has 0 aromatic rings. The first-order valence-electron chi connectivity index (χ1n) is 1.53. The zero-order valence-electron chi connectivity index (χ0n) is 4.55. The van der Waals surface area contributed by atoms with Gasteiger partial charge in [-0.2, -0.15) is 0 Å². The predicted octanol–water partition coefficient (Wildman–Crippen LogP) is -0.184. The van der Waals surface area contributed by atoms with Gasteiger partial charge in [0, 0.05) is 35.6 Å². The van der Waals surface area contributed by atoms with Crippen molar-refractivity contribution in [3.63, 3.8) is 0 Å². The first kappa shape index (κ1) is 10.6. The molecule has 0 spiro atoms. The van der Waals surface area contributed by atoms with Crippen molar-refractivity contribution in [3.8, 4) is 6.26 Å². The van der Waals surface area contributed by atoms with Gasteiger partial charge in [-0.3, -0.25) is 0 Å². The molecular weight excluding hydrogens is 117 g/mol. The summed E-state index contributed by atoms with van der Waals surface area (Å²) in [4.78, 5) is 9.85. The summed E-state index contributed by atoms with van der Waals surface area (Å²) in [5, 5.41) is 7.63. The van der Waals surface area contributed by atoms with Gasteiger partial charge in [0.2, 0.25) is 0 Å². The van der Waals surface area contributed by atoms with Crippen molar-refractivity contribution in [2.75, 3.05) is 0 Å². The molecule has 0 saturated carbocycles. The molecule has 0 fully saturated rings. The van der Waals surface area contributed by atoms with Crippen molar-refractivity contribution >= 4 is 35.5 Å². The van der Waals surface area contributed by atoms with Crippen LogP contribution >= 0.6 is 0 Å². The van der Waals surface area contributed by atoms with Crippen LogP contribution in [0.2, 0.25) is 0 Å². The van der Waals surface area contributed by atoms with E-state index in [9.17, 15) is 4.79 Å². The van der Waals surface area contributed by atoms with Crippen molar-refractivity contribution in [2.45, 2.75) is 0 Å². The molecule has 0 aliphatic rings. The normalized spacial score (nSPS) is 5.38. The molecule has 0 aromatic carbocycles. The molecule has 0 saturated heterocycles. The van der Waals surface area contributed by atoms with Crippen LogP contribution in [0.5, 0.6) is 0 Å². The molecule has 0 unspecified atom stereocenters. The Kier molecular flexibility index (Phi) is 8.91. The molecule has 3 nitrogen and oxygen atoms in total. The van der Waals surface area contributed by atoms with Gasteiger partial charge in [-0.15, -0.1) is 5.26 Å². The molecule has 0 atom stereocenters. The van der Waals surface area contributed by atoms with Crippen LogP contribution < -0.4 is 0 Å². The largest absolute Gasteiger partial charge is 0.347 e. The molecule has 0 rings (SSSR count). The summed E-state index contributed by atoms with van der Waals surface area (Å²) in [5.41, 5.74) is 0. The van der Waals surface area contributed by atoms with Crippen molar-refractivity contribution in [1.29, 1.82) is 5.26 Å². The molecule has 0 N–H and O–H groups in total. The molecule has 0 aliphatic heterocycles. The van der Waals surface area contributed by atoms with E-state index in [2.05, 4.69) is 11.3 Å². The summed E-state index contributed by atoms with van der Waals surface area (Å²) in [6, 6.07) is 0. The second kappa shape index (κ2) is 6.70. The summed E-state index contributed by atoms with van der Waals surface area (Å²) in [5.74, 6) is -0.720. The number of ether oxygens (including phenoxy) is 1. The molecule has 0 amide bonds. The van der Waals surface area contributed by atoms with Gasteiger partial charge in [-0.25, -0.2) is 4.79 Å². The third kappa shape index (κ3) is 5.70. The minimum Gasteiger partial charge on any atom is -0.347 e. The van der Waals surface area contributed by atoms with E-state index in [-0.39, 0.29) is 29.6 Å². The number of hydrogen-bond acceptors (Lipinski definition) is 3. The van der Waals surface area contributed by atoms with E-state index in [4.69, 9.17) is 5.26 Å². The second-order valence-electron chi connectivity index (χ2n) is 0.717. The Hall–Kier alpha value is -0.300. The van der Waals surface area contributed by atoms with E-state index < -0.39 is 5.97 Å². The van der Waals surface area contributed by atoms with Gasteiger partial charge in [0.15, 0.2) is 0 Å². The second-order valence-corrected chi connectivity index (χ2v) is 0.717. The van der Waals surface area contributed by atoms with Crippen LogP contribution in [-0.4, -0.2) is 35.5 Å². The Morgan fingerprint density at radius 2 is 2.38 bits per heavy atom. The number of rotatable bonds is 1. The predicted molar refractivity (Wildman–Crippen MR) is 27.7 cm³/mol. The molecule has 4 heteroatoms. The van der Waals surface area contributed by atoms with E-state index in [1.807, 2.05) is 0 Å². The quantitative estimate of drug-likeness (QED) is 0.208. The van der Waals surface area contributed by atoms with Gasteiger partial charge in [0.1, 0.15) is 0 Å². The number of nitrogens with zero attached hydrogens (tertiary/aromatic N) is 1. The van der Waals surface area contributed by atoms with Crippen molar-refractivity contribution < 1.29 is 9.53 Å². The van der Waals surface area contributed by atoms with Crippen molar-refractivity contribution in [1.82, 2.24) is 0 Å². The standard InChI is InChI=1S/C4H3NO2.Na/c1-2-4(6)7-3-5;/h2H,1H2;. The van der Waals surface area contributed by atoms with Gasteiger partial charge in [-0.1, -0.05) is 6.58 Å². The van der Waals surface area contributed by atoms with Crippen molar-refractivity contribution in [2.24, 2.45) is 0 Å². The van der Waals surface area contributed by atoms with E-state index in [1.54, 1.807) is 0 Å². The number of carbonyl (C=O) groups excluding carboxylic acids is 1. The van der Waals surface area contributed by atoms with E-state index in [1.165, 1.54) is 6.26 Å². The third-order valence-electron chi connectivity index (χ3n) is 0.313. The minimum absolute atomic E-state index is 0. The van der Waals surface area contributed by atoms with Crippen LogP contribution in [0.3, 0.4) is 0 Å². The van der Waals surface area contributed by atoms with E-state index in [0.29, 0.717) is 0 Å². The fraction of sp³-hybridized carbons (Fsp3) is 0. The van der Waals surface area contributed by atoms with Crippen LogP contribution in [0.1, 0.15) is 0 Å². The van der Waals surface area contributed by atoms with Crippen LogP contribution in [0, 0.1) is 11.5 Å². The topological polar surface area (TPSA) is 50.1 Å². The van der Waals surface area contributed by atoms with Crippen LogP contribution in [0.25, 0.3) is 0 Å². The monoisotopic (exact) mass is 120 g/mol. The summed E-state index contributed by atoms with van der Waals surface area (Å²) in [6.45, 7) is 3.05. The van der Waals surface area contributed by atoms with Crippen LogP contribution in [0.4, 0.5) is 0 Å². The zero-order chi connectivity index (χ0) is 5.70. The summed E-state index contributed by atoms with van der Waals surface area (Å²) >= 11 is 0. The van der Waals surface area contributed by atoms with E-state index >= 15 is 0 Å². The summed E-state index contributed by atoms with van der Waals surface area (Å²) in [7, 11) is 0. The fourth-order valence-electron chi connectivity index (χ4n) is 0.0867. The fourth-order valence-corrected chi connectivity index (χ4v) is 0.0867. The number of hydrogen-bond donors (Lipinski definition) is 0. The zero-order valence-corrected chi connectivity index (χ0v) is 6.55. The molecule has 0 bridgehead atoms. The summed E-state index contributed by atoms with van der Waals surface area (Å²) < 4.78 is 3.74.